The van der Waals surface area contributed by atoms with Gasteiger partial charge in [-0.1, -0.05) is 13.8 Å². The molecule has 0 radical (unpaired) electrons. The van der Waals surface area contributed by atoms with Gasteiger partial charge in [0, 0.05) is 13.1 Å². The van der Waals surface area contributed by atoms with E-state index in [0.29, 0.717) is 11.5 Å². The van der Waals surface area contributed by atoms with Crippen LogP contribution in [0.2, 0.25) is 0 Å². The molecule has 1 aromatic heterocycles. The molecular weight excluding hydrogens is 218 g/mol. The number of rotatable bonds is 6. The van der Waals surface area contributed by atoms with Crippen molar-refractivity contribution in [1.29, 1.82) is 0 Å². The molecule has 1 heterocycles. The molecule has 3 N–H and O–H groups in total. The summed E-state index contributed by atoms with van der Waals surface area (Å²) in [6.07, 6.45) is 4.75. The highest BCUT2D eigenvalue weighted by molar-refractivity contribution is 5.92. The Kier molecular flexibility index (Phi) is 5.35. The van der Waals surface area contributed by atoms with Gasteiger partial charge in [0.05, 0.1) is 12.4 Å². The van der Waals surface area contributed by atoms with E-state index >= 15 is 0 Å². The van der Waals surface area contributed by atoms with Gasteiger partial charge in [-0.25, -0.2) is 15.8 Å². The maximum Gasteiger partial charge on any atom is 0.274 e. The van der Waals surface area contributed by atoms with Crippen LogP contribution in [0.4, 0.5) is 5.82 Å². The molecule has 0 unspecified atom stereocenters. The van der Waals surface area contributed by atoms with Crippen molar-refractivity contribution in [1.82, 2.24) is 14.9 Å². The molecule has 0 atom stereocenters. The zero-order valence-electron chi connectivity index (χ0n) is 10.3. The van der Waals surface area contributed by atoms with Crippen LogP contribution in [0.15, 0.2) is 12.4 Å². The predicted octanol–water partition coefficient (Wildman–Crippen LogP) is 1.02. The Bertz CT molecular complexity index is 345. The monoisotopic (exact) mass is 237 g/mol. The molecule has 0 aromatic carbocycles. The molecule has 0 fully saturated rings. The van der Waals surface area contributed by atoms with E-state index in [1.54, 1.807) is 4.90 Å². The highest BCUT2D eigenvalue weighted by Gasteiger charge is 2.15. The Hall–Kier alpha value is -1.69. The molecule has 0 aliphatic carbocycles. The molecule has 1 aromatic rings. The first-order chi connectivity index (χ1) is 8.22. The van der Waals surface area contributed by atoms with Crippen molar-refractivity contribution in [2.45, 2.75) is 26.7 Å². The van der Waals surface area contributed by atoms with Gasteiger partial charge in [-0.2, -0.15) is 0 Å². The molecule has 0 aliphatic rings. The maximum absolute atomic E-state index is 12.1. The van der Waals surface area contributed by atoms with Gasteiger partial charge < -0.3 is 10.3 Å². The van der Waals surface area contributed by atoms with Gasteiger partial charge in [-0.3, -0.25) is 4.79 Å². The second-order valence-electron chi connectivity index (χ2n) is 3.72. The van der Waals surface area contributed by atoms with E-state index in [2.05, 4.69) is 15.4 Å². The maximum atomic E-state index is 12.1. The van der Waals surface area contributed by atoms with Crippen molar-refractivity contribution in [2.75, 3.05) is 18.5 Å². The number of aromatic nitrogens is 2. The molecule has 6 nitrogen and oxygen atoms in total. The molecule has 17 heavy (non-hydrogen) atoms. The van der Waals surface area contributed by atoms with Crippen molar-refractivity contribution in [3.8, 4) is 0 Å². The number of amides is 1. The summed E-state index contributed by atoms with van der Waals surface area (Å²) in [5.74, 6) is 5.55. The average Bonchev–Trinajstić information content (AvgIpc) is 2.38. The lowest BCUT2D eigenvalue weighted by atomic mass is 10.3. The fourth-order valence-electron chi connectivity index (χ4n) is 1.53. The molecule has 1 amide bonds. The summed E-state index contributed by atoms with van der Waals surface area (Å²) in [5.41, 5.74) is 2.73. The van der Waals surface area contributed by atoms with E-state index < -0.39 is 0 Å². The van der Waals surface area contributed by atoms with Crippen molar-refractivity contribution in [3.05, 3.63) is 18.1 Å². The largest absolute Gasteiger partial charge is 0.337 e. The predicted molar refractivity (Wildman–Crippen MR) is 66.3 cm³/mol. The molecule has 94 valence electrons. The van der Waals surface area contributed by atoms with Crippen molar-refractivity contribution < 1.29 is 4.79 Å². The van der Waals surface area contributed by atoms with Crippen LogP contribution in [0.3, 0.4) is 0 Å². The normalized spacial score (nSPS) is 10.1. The number of hydrogen-bond acceptors (Lipinski definition) is 5. The van der Waals surface area contributed by atoms with Gasteiger partial charge in [0.1, 0.15) is 5.69 Å². The minimum atomic E-state index is -0.0789. The first-order valence-corrected chi connectivity index (χ1v) is 5.80. The van der Waals surface area contributed by atoms with Crippen LogP contribution in [-0.2, 0) is 0 Å². The molecule has 0 bridgehead atoms. The fourth-order valence-corrected chi connectivity index (χ4v) is 1.53. The molecule has 6 heteroatoms. The zero-order chi connectivity index (χ0) is 12.7. The molecule has 0 spiro atoms. The van der Waals surface area contributed by atoms with E-state index in [9.17, 15) is 4.79 Å². The Morgan fingerprint density at radius 3 is 2.35 bits per heavy atom. The Morgan fingerprint density at radius 1 is 1.29 bits per heavy atom. The van der Waals surface area contributed by atoms with Gasteiger partial charge in [-0.05, 0) is 12.8 Å². The first-order valence-electron chi connectivity index (χ1n) is 5.80. The summed E-state index contributed by atoms with van der Waals surface area (Å²) in [4.78, 5) is 21.9. The summed E-state index contributed by atoms with van der Waals surface area (Å²) in [7, 11) is 0. The Balaban J connectivity index is 2.77. The topological polar surface area (TPSA) is 84.1 Å². The number of nitrogen functional groups attached to an aromatic ring is 1. The van der Waals surface area contributed by atoms with Crippen LogP contribution in [-0.4, -0.2) is 33.9 Å². The van der Waals surface area contributed by atoms with Gasteiger partial charge in [-0.15, -0.1) is 0 Å². The number of carbonyl (C=O) groups is 1. The molecule has 0 saturated carbocycles. The van der Waals surface area contributed by atoms with Crippen molar-refractivity contribution >= 4 is 11.7 Å². The van der Waals surface area contributed by atoms with Crippen LogP contribution in [0.1, 0.15) is 37.2 Å². The quantitative estimate of drug-likeness (QED) is 0.570. The van der Waals surface area contributed by atoms with Crippen LogP contribution < -0.4 is 11.3 Å². The van der Waals surface area contributed by atoms with Gasteiger partial charge >= 0.3 is 0 Å². The van der Waals surface area contributed by atoms with Gasteiger partial charge in [0.15, 0.2) is 5.82 Å². The SMILES string of the molecule is CCCN(CCC)C(=O)c1cnc(NN)cn1. The zero-order valence-corrected chi connectivity index (χ0v) is 10.3. The van der Waals surface area contributed by atoms with Crippen molar-refractivity contribution in [3.63, 3.8) is 0 Å². The van der Waals surface area contributed by atoms with Crippen LogP contribution in [0, 0.1) is 0 Å². The lowest BCUT2D eigenvalue weighted by Gasteiger charge is -2.20. The lowest BCUT2D eigenvalue weighted by molar-refractivity contribution is 0.0749. The average molecular weight is 237 g/mol. The van der Waals surface area contributed by atoms with Crippen LogP contribution >= 0.6 is 0 Å². The third-order valence-corrected chi connectivity index (χ3v) is 2.29. The third kappa shape index (κ3) is 3.67. The van der Waals surface area contributed by atoms with E-state index in [1.165, 1.54) is 12.4 Å². The smallest absolute Gasteiger partial charge is 0.274 e. The lowest BCUT2D eigenvalue weighted by Crippen LogP contribution is -2.33. The number of carbonyl (C=O) groups excluding carboxylic acids is 1. The summed E-state index contributed by atoms with van der Waals surface area (Å²) >= 11 is 0. The van der Waals surface area contributed by atoms with Crippen LogP contribution in [0.5, 0.6) is 0 Å². The number of hydrazine groups is 1. The molecular formula is C11H19N5O. The molecule has 0 aliphatic heterocycles. The number of nitrogens with two attached hydrogens (primary N) is 1. The van der Waals surface area contributed by atoms with Crippen LogP contribution in [0.25, 0.3) is 0 Å². The van der Waals surface area contributed by atoms with Gasteiger partial charge in [0.2, 0.25) is 0 Å². The molecule has 0 saturated heterocycles. The number of nitrogens with one attached hydrogen (secondary N) is 1. The van der Waals surface area contributed by atoms with E-state index in [0.717, 1.165) is 25.9 Å². The van der Waals surface area contributed by atoms with Gasteiger partial charge in [0.25, 0.3) is 5.91 Å². The highest BCUT2D eigenvalue weighted by atomic mass is 16.2. The molecule has 1 rings (SSSR count). The minimum Gasteiger partial charge on any atom is -0.337 e. The highest BCUT2D eigenvalue weighted by Crippen LogP contribution is 2.05. The van der Waals surface area contributed by atoms with E-state index in [-0.39, 0.29) is 5.91 Å². The Morgan fingerprint density at radius 2 is 1.94 bits per heavy atom. The summed E-state index contributed by atoms with van der Waals surface area (Å²) in [6.45, 7) is 5.57. The van der Waals surface area contributed by atoms with Crippen molar-refractivity contribution in [2.24, 2.45) is 5.84 Å². The standard InChI is InChI=1S/C11H19N5O/c1-3-5-16(6-4-2)11(17)9-7-14-10(15-12)8-13-9/h7-8H,3-6,12H2,1-2H3,(H,14,15). The summed E-state index contributed by atoms with van der Waals surface area (Å²) in [5, 5.41) is 0. The number of hydrogen-bond donors (Lipinski definition) is 2. The number of anilines is 1. The summed E-state index contributed by atoms with van der Waals surface area (Å²) in [6, 6.07) is 0. The van der Waals surface area contributed by atoms with E-state index in [4.69, 9.17) is 5.84 Å². The summed E-state index contributed by atoms with van der Waals surface area (Å²) < 4.78 is 0. The third-order valence-electron chi connectivity index (χ3n) is 2.29. The Labute approximate surface area is 101 Å². The minimum absolute atomic E-state index is 0.0789. The van der Waals surface area contributed by atoms with E-state index in [1.807, 2.05) is 13.8 Å². The number of nitrogens with zero attached hydrogens (tertiary/aromatic N) is 3. The fraction of sp³-hybridized carbons (Fsp3) is 0.545. The first kappa shape index (κ1) is 13.4. The second kappa shape index (κ2) is 6.80. The second-order valence-corrected chi connectivity index (χ2v) is 3.72.